The van der Waals surface area contributed by atoms with Crippen LogP contribution in [0.2, 0.25) is 0 Å². The lowest BCUT2D eigenvalue weighted by atomic mass is 10.0. The highest BCUT2D eigenvalue weighted by Gasteiger charge is 2.12. The first-order chi connectivity index (χ1) is 13.8. The number of rotatable bonds is 8. The zero-order valence-electron chi connectivity index (χ0n) is 17.2. The number of hydrogen-bond acceptors (Lipinski definition) is 4. The van der Waals surface area contributed by atoms with Crippen LogP contribution < -0.4 is 10.6 Å². The molecule has 3 rings (SSSR count). The number of aliphatic imine (C=N–C) groups is 1. The van der Waals surface area contributed by atoms with Gasteiger partial charge < -0.3 is 10.6 Å². The van der Waals surface area contributed by atoms with E-state index in [1.54, 1.807) is 11.3 Å². The van der Waals surface area contributed by atoms with Crippen molar-refractivity contribution in [2.75, 3.05) is 26.7 Å². The van der Waals surface area contributed by atoms with E-state index in [4.69, 9.17) is 0 Å². The number of nitrogens with zero attached hydrogens (tertiary/aromatic N) is 3. The lowest BCUT2D eigenvalue weighted by molar-refractivity contribution is 0.220. The SMILES string of the molecule is CCc1cnc(CCNC(=NC)NCc2ccccc2CN2CCCCC2)s1. The van der Waals surface area contributed by atoms with Crippen LogP contribution in [0, 0.1) is 0 Å². The number of thiazole rings is 1. The van der Waals surface area contributed by atoms with Gasteiger partial charge >= 0.3 is 0 Å². The third-order valence-corrected chi connectivity index (χ3v) is 6.41. The van der Waals surface area contributed by atoms with Gasteiger partial charge in [0, 0.05) is 44.2 Å². The summed E-state index contributed by atoms with van der Waals surface area (Å²) in [5.74, 6) is 0.847. The normalized spacial score (nSPS) is 15.6. The molecule has 28 heavy (non-hydrogen) atoms. The lowest BCUT2D eigenvalue weighted by Gasteiger charge is -2.27. The highest BCUT2D eigenvalue weighted by Crippen LogP contribution is 2.16. The summed E-state index contributed by atoms with van der Waals surface area (Å²) < 4.78 is 0. The first-order valence-corrected chi connectivity index (χ1v) is 11.3. The standard InChI is InChI=1S/C22H33N5S/c1-3-20-16-25-21(28-20)11-12-24-22(23-2)26-15-18-9-5-6-10-19(18)17-27-13-7-4-8-14-27/h5-6,9-10,16H,3-4,7-8,11-15,17H2,1-2H3,(H2,23,24,26). The minimum Gasteiger partial charge on any atom is -0.356 e. The largest absolute Gasteiger partial charge is 0.356 e. The maximum absolute atomic E-state index is 4.48. The molecular weight excluding hydrogens is 366 g/mol. The Morgan fingerprint density at radius 2 is 1.93 bits per heavy atom. The molecule has 0 aliphatic carbocycles. The molecule has 2 heterocycles. The topological polar surface area (TPSA) is 52.6 Å². The lowest BCUT2D eigenvalue weighted by Crippen LogP contribution is -2.38. The first-order valence-electron chi connectivity index (χ1n) is 10.5. The zero-order valence-corrected chi connectivity index (χ0v) is 18.0. The summed E-state index contributed by atoms with van der Waals surface area (Å²) in [5, 5.41) is 8.07. The van der Waals surface area contributed by atoms with Gasteiger partial charge in [-0.15, -0.1) is 11.3 Å². The number of nitrogens with one attached hydrogen (secondary N) is 2. The fraction of sp³-hybridized carbons (Fsp3) is 0.545. The molecule has 5 nitrogen and oxygen atoms in total. The highest BCUT2D eigenvalue weighted by molar-refractivity contribution is 7.11. The molecule has 1 saturated heterocycles. The van der Waals surface area contributed by atoms with Gasteiger partial charge in [-0.05, 0) is 43.5 Å². The second-order valence-corrected chi connectivity index (χ2v) is 8.48. The Labute approximate surface area is 173 Å². The Hall–Kier alpha value is -1.92. The first kappa shape index (κ1) is 20.8. The minimum absolute atomic E-state index is 0.793. The quantitative estimate of drug-likeness (QED) is 0.526. The van der Waals surface area contributed by atoms with Gasteiger partial charge in [0.1, 0.15) is 0 Å². The number of guanidine groups is 1. The average molecular weight is 400 g/mol. The molecule has 1 aliphatic heterocycles. The van der Waals surface area contributed by atoms with E-state index < -0.39 is 0 Å². The monoisotopic (exact) mass is 399 g/mol. The molecule has 0 atom stereocenters. The van der Waals surface area contributed by atoms with Crippen LogP contribution in [0.25, 0.3) is 0 Å². The fourth-order valence-electron chi connectivity index (χ4n) is 3.56. The van der Waals surface area contributed by atoms with E-state index in [1.165, 1.54) is 53.4 Å². The van der Waals surface area contributed by atoms with Crippen molar-refractivity contribution in [2.45, 2.75) is 52.1 Å². The molecule has 1 aliphatic rings. The van der Waals surface area contributed by atoms with Gasteiger partial charge in [0.15, 0.2) is 5.96 Å². The van der Waals surface area contributed by atoms with Crippen LogP contribution in [0.15, 0.2) is 35.5 Å². The molecule has 1 aromatic carbocycles. The van der Waals surface area contributed by atoms with Crippen LogP contribution in [0.3, 0.4) is 0 Å². The molecule has 152 valence electrons. The number of aromatic nitrogens is 1. The van der Waals surface area contributed by atoms with Crippen LogP contribution in [0.4, 0.5) is 0 Å². The van der Waals surface area contributed by atoms with Crippen molar-refractivity contribution in [3.63, 3.8) is 0 Å². The van der Waals surface area contributed by atoms with Gasteiger partial charge in [0.25, 0.3) is 0 Å². The fourth-order valence-corrected chi connectivity index (χ4v) is 4.42. The van der Waals surface area contributed by atoms with Crippen molar-refractivity contribution in [1.29, 1.82) is 0 Å². The molecule has 0 radical (unpaired) electrons. The van der Waals surface area contributed by atoms with Gasteiger partial charge in [0.2, 0.25) is 0 Å². The van der Waals surface area contributed by atoms with Gasteiger partial charge in [-0.25, -0.2) is 4.98 Å². The van der Waals surface area contributed by atoms with Crippen LogP contribution in [-0.4, -0.2) is 42.5 Å². The van der Waals surface area contributed by atoms with E-state index in [2.05, 4.69) is 56.7 Å². The van der Waals surface area contributed by atoms with E-state index in [0.29, 0.717) is 0 Å². The number of aryl methyl sites for hydroxylation is 1. The average Bonchev–Trinajstić information content (AvgIpc) is 3.20. The molecule has 2 aromatic rings. The van der Waals surface area contributed by atoms with Gasteiger partial charge in [0.05, 0.1) is 5.01 Å². The summed E-state index contributed by atoms with van der Waals surface area (Å²) in [6, 6.07) is 8.76. The van der Waals surface area contributed by atoms with Crippen LogP contribution in [0.1, 0.15) is 47.2 Å². The summed E-state index contributed by atoms with van der Waals surface area (Å²) in [5.41, 5.74) is 2.77. The molecule has 0 spiro atoms. The van der Waals surface area contributed by atoms with E-state index in [9.17, 15) is 0 Å². The van der Waals surface area contributed by atoms with Gasteiger partial charge in [-0.1, -0.05) is 37.6 Å². The Morgan fingerprint density at radius 3 is 2.64 bits per heavy atom. The number of hydrogen-bond donors (Lipinski definition) is 2. The van der Waals surface area contributed by atoms with Gasteiger partial charge in [-0.2, -0.15) is 0 Å². The van der Waals surface area contributed by atoms with E-state index in [1.807, 2.05) is 13.2 Å². The summed E-state index contributed by atoms with van der Waals surface area (Å²) in [6.07, 6.45) is 8.02. The number of piperidine rings is 1. The van der Waals surface area contributed by atoms with Gasteiger partial charge in [-0.3, -0.25) is 9.89 Å². The third kappa shape index (κ3) is 6.31. The van der Waals surface area contributed by atoms with Crippen molar-refractivity contribution in [3.8, 4) is 0 Å². The molecule has 1 aromatic heterocycles. The molecule has 1 fully saturated rings. The second kappa shape index (κ2) is 11.2. The van der Waals surface area contributed by atoms with Crippen molar-refractivity contribution in [1.82, 2.24) is 20.5 Å². The van der Waals surface area contributed by atoms with Crippen LogP contribution in [-0.2, 0) is 25.9 Å². The van der Waals surface area contributed by atoms with Crippen molar-refractivity contribution < 1.29 is 0 Å². The summed E-state index contributed by atoms with van der Waals surface area (Å²) in [6.45, 7) is 7.30. The molecule has 2 N–H and O–H groups in total. The Bertz CT molecular complexity index is 749. The minimum atomic E-state index is 0.793. The molecule has 0 bridgehead atoms. The zero-order chi connectivity index (χ0) is 19.6. The molecule has 6 heteroatoms. The summed E-state index contributed by atoms with van der Waals surface area (Å²) >= 11 is 1.80. The maximum Gasteiger partial charge on any atom is 0.191 e. The van der Waals surface area contributed by atoms with Crippen molar-refractivity contribution in [3.05, 3.63) is 51.5 Å². The van der Waals surface area contributed by atoms with Crippen LogP contribution in [0.5, 0.6) is 0 Å². The molecular formula is C22H33N5S. The van der Waals surface area contributed by atoms with Crippen molar-refractivity contribution >= 4 is 17.3 Å². The smallest absolute Gasteiger partial charge is 0.191 e. The van der Waals surface area contributed by atoms with Crippen molar-refractivity contribution in [2.24, 2.45) is 4.99 Å². The second-order valence-electron chi connectivity index (χ2n) is 7.28. The van der Waals surface area contributed by atoms with E-state index >= 15 is 0 Å². The van der Waals surface area contributed by atoms with Crippen LogP contribution >= 0.6 is 11.3 Å². The van der Waals surface area contributed by atoms with E-state index in [0.717, 1.165) is 38.4 Å². The predicted octanol–water partition coefficient (Wildman–Crippen LogP) is 3.60. The van der Waals surface area contributed by atoms with E-state index in [-0.39, 0.29) is 0 Å². The number of likely N-dealkylation sites (tertiary alicyclic amines) is 1. The molecule has 0 saturated carbocycles. The number of benzene rings is 1. The molecule has 0 unspecified atom stereocenters. The Morgan fingerprint density at radius 1 is 1.14 bits per heavy atom. The Kier molecular flexibility index (Phi) is 8.30. The maximum atomic E-state index is 4.48. The Balaban J connectivity index is 1.47. The predicted molar refractivity (Wildman–Crippen MR) is 119 cm³/mol. The molecule has 0 amide bonds. The summed E-state index contributed by atoms with van der Waals surface area (Å²) in [7, 11) is 1.83. The third-order valence-electron chi connectivity index (χ3n) is 5.21. The highest BCUT2D eigenvalue weighted by atomic mass is 32.1. The summed E-state index contributed by atoms with van der Waals surface area (Å²) in [4.78, 5) is 12.8.